The molecule has 0 unspecified atom stereocenters. The molecule has 0 atom stereocenters. The van der Waals surface area contributed by atoms with Crippen LogP contribution in [0, 0.1) is 0 Å². The van der Waals surface area contributed by atoms with Crippen LogP contribution in [-0.4, -0.2) is 20.4 Å². The lowest BCUT2D eigenvalue weighted by Crippen LogP contribution is -2.15. The van der Waals surface area contributed by atoms with Crippen LogP contribution < -0.4 is 5.32 Å². The van der Waals surface area contributed by atoms with Crippen LogP contribution in [0.2, 0.25) is 0 Å². The van der Waals surface area contributed by atoms with Crippen molar-refractivity contribution in [3.63, 3.8) is 0 Å². The Kier molecular flexibility index (Phi) is 4.29. The quantitative estimate of drug-likeness (QED) is 0.791. The Hall–Kier alpha value is -2.95. The lowest BCUT2D eigenvalue weighted by molar-refractivity contribution is 0.102. The van der Waals surface area contributed by atoms with Gasteiger partial charge < -0.3 is 9.88 Å². The number of benzene rings is 1. The van der Waals surface area contributed by atoms with Gasteiger partial charge in [-0.05, 0) is 31.4 Å². The number of imidazole rings is 1. The molecule has 0 fully saturated rings. The molecule has 25 heavy (non-hydrogen) atoms. The average molecular weight is 332 g/mol. The van der Waals surface area contributed by atoms with Crippen molar-refractivity contribution in [2.24, 2.45) is 0 Å². The Morgan fingerprint density at radius 3 is 2.72 bits per heavy atom. The van der Waals surface area contributed by atoms with Gasteiger partial charge in [-0.3, -0.25) is 9.78 Å². The number of carbonyl (C=O) groups excluding carboxylic acids is 1. The van der Waals surface area contributed by atoms with Crippen molar-refractivity contribution < 1.29 is 4.79 Å². The molecule has 1 N–H and O–H groups in total. The number of carbonyl (C=O) groups is 1. The lowest BCUT2D eigenvalue weighted by atomic mass is 10.1. The Labute approximate surface area is 146 Å². The first-order chi connectivity index (χ1) is 12.3. The zero-order valence-corrected chi connectivity index (χ0v) is 14.0. The number of rotatable bonds is 3. The summed E-state index contributed by atoms with van der Waals surface area (Å²) in [5.74, 6) is 0.717. The zero-order chi connectivity index (χ0) is 17.1. The van der Waals surface area contributed by atoms with E-state index in [9.17, 15) is 4.79 Å². The van der Waals surface area contributed by atoms with Crippen LogP contribution in [0.5, 0.6) is 0 Å². The molecule has 5 heteroatoms. The molecule has 2 aromatic heterocycles. The topological polar surface area (TPSA) is 59.8 Å². The Morgan fingerprint density at radius 1 is 1.04 bits per heavy atom. The van der Waals surface area contributed by atoms with Gasteiger partial charge >= 0.3 is 0 Å². The highest BCUT2D eigenvalue weighted by Crippen LogP contribution is 2.27. The second-order valence-electron chi connectivity index (χ2n) is 6.25. The summed E-state index contributed by atoms with van der Waals surface area (Å²) in [5.41, 5.74) is 3.30. The molecule has 1 aliphatic heterocycles. The third kappa shape index (κ3) is 3.18. The van der Waals surface area contributed by atoms with E-state index in [1.807, 2.05) is 36.4 Å². The molecule has 1 aromatic carbocycles. The Morgan fingerprint density at radius 2 is 1.92 bits per heavy atom. The second kappa shape index (κ2) is 6.89. The molecule has 0 spiro atoms. The number of anilines is 1. The molecule has 4 rings (SSSR count). The summed E-state index contributed by atoms with van der Waals surface area (Å²) in [7, 11) is 0. The number of amides is 1. The maximum atomic E-state index is 12.8. The number of nitrogens with zero attached hydrogens (tertiary/aromatic N) is 3. The molecule has 1 aliphatic rings. The number of hydrogen-bond acceptors (Lipinski definition) is 3. The highest BCUT2D eigenvalue weighted by Gasteiger charge is 2.24. The van der Waals surface area contributed by atoms with Crippen molar-refractivity contribution >= 4 is 11.6 Å². The first-order valence-electron chi connectivity index (χ1n) is 8.69. The van der Waals surface area contributed by atoms with Gasteiger partial charge in [-0.1, -0.05) is 36.8 Å². The number of pyridine rings is 1. The maximum Gasteiger partial charge on any atom is 0.276 e. The van der Waals surface area contributed by atoms with E-state index >= 15 is 0 Å². The van der Waals surface area contributed by atoms with E-state index in [-0.39, 0.29) is 5.91 Å². The van der Waals surface area contributed by atoms with Crippen molar-refractivity contribution in [3.8, 4) is 11.4 Å². The Balaban J connectivity index is 1.75. The minimum absolute atomic E-state index is 0.166. The SMILES string of the molecule is O=C(Nc1cccnc1)c1nc(-c2ccccc2)n2c1CCCCC2. The molecular formula is C20H20N4O. The normalized spacial score (nSPS) is 13.8. The maximum absolute atomic E-state index is 12.8. The van der Waals surface area contributed by atoms with Gasteiger partial charge in [0.05, 0.1) is 17.6 Å². The lowest BCUT2D eigenvalue weighted by Gasteiger charge is -2.09. The molecule has 0 bridgehead atoms. The van der Waals surface area contributed by atoms with E-state index in [0.29, 0.717) is 11.4 Å². The van der Waals surface area contributed by atoms with Gasteiger partial charge in [0.1, 0.15) is 11.5 Å². The summed E-state index contributed by atoms with van der Waals surface area (Å²) in [6.45, 7) is 0.909. The van der Waals surface area contributed by atoms with Crippen LogP contribution in [0.4, 0.5) is 5.69 Å². The van der Waals surface area contributed by atoms with E-state index in [1.165, 1.54) is 6.42 Å². The standard InChI is InChI=1S/C20H20N4O/c25-20(22-16-10-7-12-21-14-16)18-17-11-5-2-6-13-24(17)19(23-18)15-8-3-1-4-9-15/h1,3-4,7-10,12,14H,2,5-6,11,13H2,(H,22,25). The van der Waals surface area contributed by atoms with Gasteiger partial charge in [0, 0.05) is 18.3 Å². The highest BCUT2D eigenvalue weighted by atomic mass is 16.1. The number of nitrogens with one attached hydrogen (secondary N) is 1. The molecule has 1 amide bonds. The van der Waals surface area contributed by atoms with Crippen molar-refractivity contribution in [2.75, 3.05) is 5.32 Å². The van der Waals surface area contributed by atoms with Crippen LogP contribution >= 0.6 is 0 Å². The first kappa shape index (κ1) is 15.6. The summed E-state index contributed by atoms with van der Waals surface area (Å²) in [5, 5.41) is 2.92. The van der Waals surface area contributed by atoms with Gasteiger partial charge in [-0.15, -0.1) is 0 Å². The third-order valence-corrected chi connectivity index (χ3v) is 4.53. The number of aromatic nitrogens is 3. The predicted molar refractivity (Wildman–Crippen MR) is 97.4 cm³/mol. The van der Waals surface area contributed by atoms with Crippen LogP contribution in [0.15, 0.2) is 54.9 Å². The van der Waals surface area contributed by atoms with E-state index in [4.69, 9.17) is 4.98 Å². The van der Waals surface area contributed by atoms with Crippen LogP contribution in [-0.2, 0) is 13.0 Å². The van der Waals surface area contributed by atoms with Gasteiger partial charge in [0.15, 0.2) is 0 Å². The fraction of sp³-hybridized carbons (Fsp3) is 0.250. The Bertz CT molecular complexity index is 871. The van der Waals surface area contributed by atoms with E-state index in [0.717, 1.165) is 42.9 Å². The van der Waals surface area contributed by atoms with Crippen molar-refractivity contribution in [3.05, 3.63) is 66.2 Å². The first-order valence-corrected chi connectivity index (χ1v) is 8.69. The largest absolute Gasteiger partial charge is 0.327 e. The molecule has 0 saturated carbocycles. The predicted octanol–water partition coefficient (Wildman–Crippen LogP) is 3.92. The van der Waals surface area contributed by atoms with Crippen molar-refractivity contribution in [1.29, 1.82) is 0 Å². The van der Waals surface area contributed by atoms with Gasteiger partial charge in [-0.25, -0.2) is 4.98 Å². The molecular weight excluding hydrogens is 312 g/mol. The monoisotopic (exact) mass is 332 g/mol. The summed E-state index contributed by atoms with van der Waals surface area (Å²) < 4.78 is 2.22. The van der Waals surface area contributed by atoms with Crippen molar-refractivity contribution in [1.82, 2.24) is 14.5 Å². The van der Waals surface area contributed by atoms with Crippen LogP contribution in [0.25, 0.3) is 11.4 Å². The molecule has 3 aromatic rings. The van der Waals surface area contributed by atoms with Gasteiger partial charge in [0.2, 0.25) is 0 Å². The van der Waals surface area contributed by atoms with E-state index < -0.39 is 0 Å². The van der Waals surface area contributed by atoms with Crippen LogP contribution in [0.1, 0.15) is 35.4 Å². The summed E-state index contributed by atoms with van der Waals surface area (Å²) >= 11 is 0. The number of fused-ring (bicyclic) bond motifs is 1. The second-order valence-corrected chi connectivity index (χ2v) is 6.25. The number of hydrogen-bond donors (Lipinski definition) is 1. The van der Waals surface area contributed by atoms with Gasteiger partial charge in [0.25, 0.3) is 5.91 Å². The molecule has 0 aliphatic carbocycles. The molecule has 5 nitrogen and oxygen atoms in total. The highest BCUT2D eigenvalue weighted by molar-refractivity contribution is 6.04. The molecule has 0 radical (unpaired) electrons. The van der Waals surface area contributed by atoms with Crippen LogP contribution in [0.3, 0.4) is 0 Å². The van der Waals surface area contributed by atoms with E-state index in [1.54, 1.807) is 18.5 Å². The minimum Gasteiger partial charge on any atom is -0.327 e. The summed E-state index contributed by atoms with van der Waals surface area (Å²) in [6.07, 6.45) is 7.60. The summed E-state index contributed by atoms with van der Waals surface area (Å²) in [6, 6.07) is 13.7. The third-order valence-electron chi connectivity index (χ3n) is 4.53. The fourth-order valence-corrected chi connectivity index (χ4v) is 3.34. The van der Waals surface area contributed by atoms with E-state index in [2.05, 4.69) is 14.9 Å². The smallest absolute Gasteiger partial charge is 0.276 e. The van der Waals surface area contributed by atoms with Gasteiger partial charge in [-0.2, -0.15) is 0 Å². The molecule has 0 saturated heterocycles. The zero-order valence-electron chi connectivity index (χ0n) is 14.0. The summed E-state index contributed by atoms with van der Waals surface area (Å²) in [4.78, 5) is 21.6. The fourth-order valence-electron chi connectivity index (χ4n) is 3.34. The van der Waals surface area contributed by atoms with Crippen molar-refractivity contribution in [2.45, 2.75) is 32.2 Å². The molecule has 126 valence electrons. The molecule has 3 heterocycles. The minimum atomic E-state index is -0.166. The average Bonchev–Trinajstić information content (AvgIpc) is 2.85.